The van der Waals surface area contributed by atoms with Gasteiger partial charge in [-0.25, -0.2) is 0 Å². The van der Waals surface area contributed by atoms with E-state index in [0.29, 0.717) is 13.2 Å². The van der Waals surface area contributed by atoms with E-state index < -0.39 is 0 Å². The van der Waals surface area contributed by atoms with E-state index in [1.54, 1.807) is 0 Å². The number of hydrogen-bond acceptors (Lipinski definition) is 3. The Hall–Kier alpha value is -2.00. The maximum Gasteiger partial charge on any atom is 0.126 e. The zero-order chi connectivity index (χ0) is 16.5. The molecule has 0 bridgehead atoms. The Balaban J connectivity index is 2.13. The van der Waals surface area contributed by atoms with Crippen LogP contribution in [0.1, 0.15) is 37.8 Å². The van der Waals surface area contributed by atoms with Gasteiger partial charge in [0.25, 0.3) is 0 Å². The van der Waals surface area contributed by atoms with Gasteiger partial charge in [-0.3, -0.25) is 0 Å². The molecule has 0 aliphatic carbocycles. The molecule has 0 saturated carbocycles. The van der Waals surface area contributed by atoms with Crippen LogP contribution in [0, 0.1) is 0 Å². The molecule has 23 heavy (non-hydrogen) atoms. The average molecular weight is 313 g/mol. The summed E-state index contributed by atoms with van der Waals surface area (Å²) in [7, 11) is 0. The summed E-state index contributed by atoms with van der Waals surface area (Å²) in [6.45, 7) is 5.47. The third kappa shape index (κ3) is 5.61. The first-order chi connectivity index (χ1) is 11.2. The fraction of sp³-hybridized carbons (Fsp3) is 0.400. The van der Waals surface area contributed by atoms with Crippen LogP contribution in [0.2, 0.25) is 0 Å². The summed E-state index contributed by atoms with van der Waals surface area (Å²) in [4.78, 5) is 0. The normalized spacial score (nSPS) is 12.0. The molecule has 0 spiro atoms. The minimum atomic E-state index is 0.150. The maximum absolute atomic E-state index is 6.11. The summed E-state index contributed by atoms with van der Waals surface area (Å²) in [6, 6.07) is 16.4. The van der Waals surface area contributed by atoms with Crippen molar-refractivity contribution in [2.45, 2.75) is 45.8 Å². The standard InChI is InChI=1S/C20H27NO2/c1-3-12-22-19-11-10-17(13-18(21)4-2)20(14-19)23-15-16-8-6-5-7-9-16/h5-11,14,18H,3-4,12-13,15,21H2,1-2H3. The van der Waals surface area contributed by atoms with E-state index in [4.69, 9.17) is 15.2 Å². The van der Waals surface area contributed by atoms with Crippen LogP contribution in [0.15, 0.2) is 48.5 Å². The predicted octanol–water partition coefficient (Wildman–Crippen LogP) is 4.33. The Labute approximate surface area is 139 Å². The highest BCUT2D eigenvalue weighted by molar-refractivity contribution is 5.41. The topological polar surface area (TPSA) is 44.5 Å². The van der Waals surface area contributed by atoms with Crippen molar-refractivity contribution in [3.05, 3.63) is 59.7 Å². The Bertz CT molecular complexity index is 583. The van der Waals surface area contributed by atoms with E-state index in [0.717, 1.165) is 41.9 Å². The summed E-state index contributed by atoms with van der Waals surface area (Å²) in [6.07, 6.45) is 2.75. The van der Waals surface area contributed by atoms with Crippen molar-refractivity contribution in [3.63, 3.8) is 0 Å². The lowest BCUT2D eigenvalue weighted by atomic mass is 10.0. The maximum atomic E-state index is 6.11. The Morgan fingerprint density at radius 2 is 1.78 bits per heavy atom. The molecule has 0 aromatic heterocycles. The fourth-order valence-corrected chi connectivity index (χ4v) is 2.31. The van der Waals surface area contributed by atoms with Gasteiger partial charge in [-0.2, -0.15) is 0 Å². The molecule has 124 valence electrons. The van der Waals surface area contributed by atoms with Crippen molar-refractivity contribution in [3.8, 4) is 11.5 Å². The van der Waals surface area contributed by atoms with Gasteiger partial charge in [0.05, 0.1) is 6.61 Å². The zero-order valence-corrected chi connectivity index (χ0v) is 14.1. The van der Waals surface area contributed by atoms with Gasteiger partial charge in [-0.05, 0) is 36.5 Å². The number of rotatable bonds is 9. The quantitative estimate of drug-likeness (QED) is 0.749. The third-order valence-corrected chi connectivity index (χ3v) is 3.76. The molecule has 2 N–H and O–H groups in total. The van der Waals surface area contributed by atoms with E-state index in [-0.39, 0.29) is 6.04 Å². The first-order valence-corrected chi connectivity index (χ1v) is 8.41. The first kappa shape index (κ1) is 17.4. The first-order valence-electron chi connectivity index (χ1n) is 8.41. The monoisotopic (exact) mass is 313 g/mol. The second-order valence-electron chi connectivity index (χ2n) is 5.76. The molecule has 2 rings (SSSR count). The Kier molecular flexibility index (Phi) is 6.95. The van der Waals surface area contributed by atoms with Crippen molar-refractivity contribution in [2.75, 3.05) is 6.61 Å². The second-order valence-corrected chi connectivity index (χ2v) is 5.76. The number of benzene rings is 2. The smallest absolute Gasteiger partial charge is 0.126 e. The molecule has 0 heterocycles. The summed E-state index contributed by atoms with van der Waals surface area (Å²) in [5, 5.41) is 0. The highest BCUT2D eigenvalue weighted by atomic mass is 16.5. The molecule has 1 atom stereocenters. The molecule has 3 heteroatoms. The molecule has 0 fully saturated rings. The van der Waals surface area contributed by atoms with Crippen molar-refractivity contribution in [1.29, 1.82) is 0 Å². The van der Waals surface area contributed by atoms with Crippen LogP contribution in [0.25, 0.3) is 0 Å². The predicted molar refractivity (Wildman–Crippen MR) is 95.0 cm³/mol. The van der Waals surface area contributed by atoms with E-state index in [9.17, 15) is 0 Å². The van der Waals surface area contributed by atoms with Gasteiger partial charge in [-0.15, -0.1) is 0 Å². The molecule has 0 amide bonds. The lowest BCUT2D eigenvalue weighted by Crippen LogP contribution is -2.21. The molecule has 1 unspecified atom stereocenters. The van der Waals surface area contributed by atoms with E-state index in [2.05, 4.69) is 32.0 Å². The molecule has 3 nitrogen and oxygen atoms in total. The number of nitrogens with two attached hydrogens (primary N) is 1. The summed E-state index contributed by atoms with van der Waals surface area (Å²) < 4.78 is 11.8. The highest BCUT2D eigenvalue weighted by Crippen LogP contribution is 2.27. The van der Waals surface area contributed by atoms with Gasteiger partial charge >= 0.3 is 0 Å². The molecule has 0 saturated heterocycles. The minimum absolute atomic E-state index is 0.150. The van der Waals surface area contributed by atoms with Crippen LogP contribution >= 0.6 is 0 Å². The van der Waals surface area contributed by atoms with E-state index >= 15 is 0 Å². The summed E-state index contributed by atoms with van der Waals surface area (Å²) >= 11 is 0. The Morgan fingerprint density at radius 3 is 2.48 bits per heavy atom. The SMILES string of the molecule is CCCOc1ccc(CC(N)CC)c(OCc2ccccc2)c1. The van der Waals surface area contributed by atoms with Gasteiger partial charge in [0, 0.05) is 12.1 Å². The third-order valence-electron chi connectivity index (χ3n) is 3.76. The van der Waals surface area contributed by atoms with Gasteiger partial charge in [0.2, 0.25) is 0 Å². The summed E-state index contributed by atoms with van der Waals surface area (Å²) in [5.41, 5.74) is 8.40. The molecule has 0 radical (unpaired) electrons. The summed E-state index contributed by atoms with van der Waals surface area (Å²) in [5.74, 6) is 1.72. The van der Waals surface area contributed by atoms with Crippen LogP contribution < -0.4 is 15.2 Å². The highest BCUT2D eigenvalue weighted by Gasteiger charge is 2.10. The number of ether oxygens (including phenoxy) is 2. The van der Waals surface area contributed by atoms with Crippen molar-refractivity contribution >= 4 is 0 Å². The molecule has 0 aliphatic heterocycles. The zero-order valence-electron chi connectivity index (χ0n) is 14.1. The molecule has 2 aromatic carbocycles. The van der Waals surface area contributed by atoms with Gasteiger partial charge < -0.3 is 15.2 Å². The lowest BCUT2D eigenvalue weighted by Gasteiger charge is -2.16. The van der Waals surface area contributed by atoms with Crippen LogP contribution in [0.5, 0.6) is 11.5 Å². The average Bonchev–Trinajstić information content (AvgIpc) is 2.60. The largest absolute Gasteiger partial charge is 0.493 e. The lowest BCUT2D eigenvalue weighted by molar-refractivity contribution is 0.291. The molecule has 2 aromatic rings. The molecular formula is C20H27NO2. The van der Waals surface area contributed by atoms with Crippen LogP contribution in [-0.2, 0) is 13.0 Å². The molecule has 0 aliphatic rings. The van der Waals surface area contributed by atoms with E-state index in [1.165, 1.54) is 0 Å². The van der Waals surface area contributed by atoms with Gasteiger partial charge in [-0.1, -0.05) is 50.2 Å². The van der Waals surface area contributed by atoms with Gasteiger partial charge in [0.15, 0.2) is 0 Å². The van der Waals surface area contributed by atoms with Crippen LogP contribution in [0.4, 0.5) is 0 Å². The van der Waals surface area contributed by atoms with Crippen LogP contribution in [-0.4, -0.2) is 12.6 Å². The minimum Gasteiger partial charge on any atom is -0.493 e. The van der Waals surface area contributed by atoms with Crippen molar-refractivity contribution in [2.24, 2.45) is 5.73 Å². The van der Waals surface area contributed by atoms with Gasteiger partial charge in [0.1, 0.15) is 18.1 Å². The van der Waals surface area contributed by atoms with Crippen LogP contribution in [0.3, 0.4) is 0 Å². The fourth-order valence-electron chi connectivity index (χ4n) is 2.31. The van der Waals surface area contributed by atoms with Crippen molar-refractivity contribution in [1.82, 2.24) is 0 Å². The Morgan fingerprint density at radius 1 is 1.00 bits per heavy atom. The van der Waals surface area contributed by atoms with E-state index in [1.807, 2.05) is 30.3 Å². The second kappa shape index (κ2) is 9.21. The van der Waals surface area contributed by atoms with Crippen molar-refractivity contribution < 1.29 is 9.47 Å². The molecular weight excluding hydrogens is 286 g/mol. The number of hydrogen-bond donors (Lipinski definition) is 1.